The number of halogens is 1. The molecule has 20 heavy (non-hydrogen) atoms. The monoisotopic (exact) mass is 291 g/mol. The number of benzene rings is 1. The van der Waals surface area contributed by atoms with Crippen molar-refractivity contribution in [1.29, 1.82) is 0 Å². The van der Waals surface area contributed by atoms with Gasteiger partial charge < -0.3 is 15.4 Å². The van der Waals surface area contributed by atoms with E-state index in [4.69, 9.17) is 16.3 Å². The maximum Gasteiger partial charge on any atom is 0.127 e. The SMILES string of the molecule is CCCNc1cc(Nc2cc(OC)ccc2Cl)ccn1. The van der Waals surface area contributed by atoms with Gasteiger partial charge in [-0.25, -0.2) is 4.98 Å². The number of hydrogen-bond acceptors (Lipinski definition) is 4. The molecule has 2 rings (SSSR count). The van der Waals surface area contributed by atoms with Crippen molar-refractivity contribution in [1.82, 2.24) is 4.98 Å². The van der Waals surface area contributed by atoms with Crippen LogP contribution in [0.15, 0.2) is 36.5 Å². The highest BCUT2D eigenvalue weighted by Gasteiger charge is 2.04. The molecule has 1 aromatic carbocycles. The molecule has 0 unspecified atom stereocenters. The molecule has 2 aromatic rings. The summed E-state index contributed by atoms with van der Waals surface area (Å²) in [5.41, 5.74) is 1.73. The Morgan fingerprint density at radius 1 is 1.25 bits per heavy atom. The lowest BCUT2D eigenvalue weighted by molar-refractivity contribution is 0.415. The van der Waals surface area contributed by atoms with Crippen molar-refractivity contribution >= 4 is 28.8 Å². The summed E-state index contributed by atoms with van der Waals surface area (Å²) in [5, 5.41) is 7.16. The Kier molecular flexibility index (Phi) is 5.07. The molecule has 2 N–H and O–H groups in total. The summed E-state index contributed by atoms with van der Waals surface area (Å²) in [5.74, 6) is 1.60. The van der Waals surface area contributed by atoms with E-state index in [1.54, 1.807) is 19.4 Å². The topological polar surface area (TPSA) is 46.2 Å². The van der Waals surface area contributed by atoms with Crippen molar-refractivity contribution in [2.45, 2.75) is 13.3 Å². The number of rotatable bonds is 6. The van der Waals surface area contributed by atoms with E-state index >= 15 is 0 Å². The molecule has 0 aliphatic rings. The van der Waals surface area contributed by atoms with E-state index in [0.29, 0.717) is 5.02 Å². The minimum Gasteiger partial charge on any atom is -0.497 e. The predicted octanol–water partition coefficient (Wildman–Crippen LogP) is 4.31. The lowest BCUT2D eigenvalue weighted by Gasteiger charge is -2.11. The number of anilines is 3. The van der Waals surface area contributed by atoms with E-state index < -0.39 is 0 Å². The normalized spacial score (nSPS) is 10.2. The van der Waals surface area contributed by atoms with E-state index in [9.17, 15) is 0 Å². The highest BCUT2D eigenvalue weighted by molar-refractivity contribution is 6.33. The van der Waals surface area contributed by atoms with Crippen LogP contribution in [0.3, 0.4) is 0 Å². The Hall–Kier alpha value is -1.94. The van der Waals surface area contributed by atoms with Crippen molar-refractivity contribution in [3.8, 4) is 5.75 Å². The fraction of sp³-hybridized carbons (Fsp3) is 0.267. The number of nitrogens with zero attached hydrogens (tertiary/aromatic N) is 1. The van der Waals surface area contributed by atoms with Gasteiger partial charge in [0, 0.05) is 30.6 Å². The molecule has 0 fully saturated rings. The molecule has 0 amide bonds. The van der Waals surface area contributed by atoms with Crippen molar-refractivity contribution in [3.63, 3.8) is 0 Å². The van der Waals surface area contributed by atoms with Gasteiger partial charge in [0.15, 0.2) is 0 Å². The van der Waals surface area contributed by atoms with Crippen LogP contribution in [0.4, 0.5) is 17.2 Å². The van der Waals surface area contributed by atoms with Crippen molar-refractivity contribution in [2.75, 3.05) is 24.3 Å². The number of nitrogens with one attached hydrogen (secondary N) is 2. The van der Waals surface area contributed by atoms with Gasteiger partial charge in [-0.15, -0.1) is 0 Å². The van der Waals surface area contributed by atoms with E-state index in [1.165, 1.54) is 0 Å². The summed E-state index contributed by atoms with van der Waals surface area (Å²) >= 11 is 6.18. The molecule has 0 aliphatic heterocycles. The molecule has 0 radical (unpaired) electrons. The first-order valence-electron chi connectivity index (χ1n) is 6.53. The highest BCUT2D eigenvalue weighted by Crippen LogP contribution is 2.29. The minimum absolute atomic E-state index is 0.644. The van der Waals surface area contributed by atoms with Gasteiger partial charge in [-0.05, 0) is 24.6 Å². The number of methoxy groups -OCH3 is 1. The molecule has 0 bridgehead atoms. The number of aromatic nitrogens is 1. The van der Waals surface area contributed by atoms with Crippen LogP contribution in [0.5, 0.6) is 5.75 Å². The van der Waals surface area contributed by atoms with Gasteiger partial charge in [-0.1, -0.05) is 18.5 Å². The van der Waals surface area contributed by atoms with Crippen molar-refractivity contribution < 1.29 is 4.74 Å². The largest absolute Gasteiger partial charge is 0.497 e. The molecule has 106 valence electrons. The zero-order chi connectivity index (χ0) is 14.4. The first-order chi connectivity index (χ1) is 9.72. The standard InChI is InChI=1S/C15H18ClN3O/c1-3-7-17-15-9-11(6-8-18-15)19-14-10-12(20-2)4-5-13(14)16/h4-6,8-10H,3,7H2,1-2H3,(H2,17,18,19). The van der Waals surface area contributed by atoms with Gasteiger partial charge in [0.2, 0.25) is 0 Å². The molecule has 0 saturated heterocycles. The minimum atomic E-state index is 0.644. The van der Waals surface area contributed by atoms with E-state index in [-0.39, 0.29) is 0 Å². The summed E-state index contributed by atoms with van der Waals surface area (Å²) < 4.78 is 5.20. The summed E-state index contributed by atoms with van der Waals surface area (Å²) in [7, 11) is 1.63. The fourth-order valence-electron chi connectivity index (χ4n) is 1.74. The molecule has 0 aliphatic carbocycles. The lowest BCUT2D eigenvalue weighted by atomic mass is 10.2. The van der Waals surface area contributed by atoms with Gasteiger partial charge in [0.25, 0.3) is 0 Å². The van der Waals surface area contributed by atoms with Crippen LogP contribution in [0.1, 0.15) is 13.3 Å². The van der Waals surface area contributed by atoms with E-state index in [2.05, 4.69) is 22.5 Å². The second kappa shape index (κ2) is 7.01. The van der Waals surface area contributed by atoms with Crippen molar-refractivity contribution in [3.05, 3.63) is 41.6 Å². The van der Waals surface area contributed by atoms with Gasteiger partial charge in [0.1, 0.15) is 11.6 Å². The Labute approximate surface area is 124 Å². The van der Waals surface area contributed by atoms with E-state index in [1.807, 2.05) is 24.3 Å². The molecule has 1 heterocycles. The molecular formula is C15H18ClN3O. The van der Waals surface area contributed by atoms with Crippen LogP contribution < -0.4 is 15.4 Å². The maximum absolute atomic E-state index is 6.18. The second-order valence-electron chi connectivity index (χ2n) is 4.33. The third-order valence-corrected chi connectivity index (χ3v) is 3.10. The Balaban J connectivity index is 2.17. The van der Waals surface area contributed by atoms with Crippen LogP contribution in [0.2, 0.25) is 5.02 Å². The zero-order valence-electron chi connectivity index (χ0n) is 11.6. The molecule has 5 heteroatoms. The molecular weight excluding hydrogens is 274 g/mol. The second-order valence-corrected chi connectivity index (χ2v) is 4.73. The van der Waals surface area contributed by atoms with Gasteiger partial charge >= 0.3 is 0 Å². The quantitative estimate of drug-likeness (QED) is 0.832. The maximum atomic E-state index is 6.18. The summed E-state index contributed by atoms with van der Waals surface area (Å²) in [4.78, 5) is 4.27. The summed E-state index contributed by atoms with van der Waals surface area (Å²) in [6.45, 7) is 3.02. The average molecular weight is 292 g/mol. The first kappa shape index (κ1) is 14.5. The third kappa shape index (κ3) is 3.78. The fourth-order valence-corrected chi connectivity index (χ4v) is 1.91. The predicted molar refractivity (Wildman–Crippen MR) is 84.3 cm³/mol. The van der Waals surface area contributed by atoms with Gasteiger partial charge in [-0.2, -0.15) is 0 Å². The molecule has 1 aromatic heterocycles. The zero-order valence-corrected chi connectivity index (χ0v) is 12.4. The average Bonchev–Trinajstić information content (AvgIpc) is 2.48. The number of pyridine rings is 1. The lowest BCUT2D eigenvalue weighted by Crippen LogP contribution is -2.02. The van der Waals surface area contributed by atoms with Crippen LogP contribution >= 0.6 is 11.6 Å². The van der Waals surface area contributed by atoms with E-state index in [0.717, 1.165) is 35.9 Å². The third-order valence-electron chi connectivity index (χ3n) is 2.77. The highest BCUT2D eigenvalue weighted by atomic mass is 35.5. The van der Waals surface area contributed by atoms with Gasteiger partial charge in [-0.3, -0.25) is 0 Å². The van der Waals surface area contributed by atoms with Crippen LogP contribution in [-0.2, 0) is 0 Å². The number of ether oxygens (including phenoxy) is 1. The summed E-state index contributed by atoms with van der Waals surface area (Å²) in [6.07, 6.45) is 2.81. The smallest absolute Gasteiger partial charge is 0.127 e. The Morgan fingerprint density at radius 3 is 2.85 bits per heavy atom. The number of hydrogen-bond donors (Lipinski definition) is 2. The van der Waals surface area contributed by atoms with Crippen LogP contribution in [0, 0.1) is 0 Å². The van der Waals surface area contributed by atoms with Crippen LogP contribution in [0.25, 0.3) is 0 Å². The first-order valence-corrected chi connectivity index (χ1v) is 6.91. The molecule has 0 saturated carbocycles. The van der Waals surface area contributed by atoms with Crippen molar-refractivity contribution in [2.24, 2.45) is 0 Å². The summed E-state index contributed by atoms with van der Waals surface area (Å²) in [6, 6.07) is 9.34. The molecule has 0 spiro atoms. The van der Waals surface area contributed by atoms with Gasteiger partial charge in [0.05, 0.1) is 17.8 Å². The van der Waals surface area contributed by atoms with Crippen LogP contribution in [-0.4, -0.2) is 18.6 Å². The molecule has 4 nitrogen and oxygen atoms in total. The Bertz CT molecular complexity index is 575. The molecule has 0 atom stereocenters. The Morgan fingerprint density at radius 2 is 2.10 bits per heavy atom.